The minimum atomic E-state index is -0.681. The molecule has 0 aliphatic carbocycles. The van der Waals surface area contributed by atoms with E-state index in [1.807, 2.05) is 0 Å². The zero-order chi connectivity index (χ0) is 13.1. The first-order valence-electron chi connectivity index (χ1n) is 5.55. The molecule has 0 saturated carbocycles. The Morgan fingerprint density at radius 3 is 2.61 bits per heavy atom. The molecule has 2 nitrogen and oxygen atoms in total. The number of aryl methyl sites for hydroxylation is 1. The molecule has 2 aromatic rings. The summed E-state index contributed by atoms with van der Waals surface area (Å²) in [5.41, 5.74) is 1.25. The van der Waals surface area contributed by atoms with Crippen molar-refractivity contribution in [3.63, 3.8) is 0 Å². The van der Waals surface area contributed by atoms with E-state index >= 15 is 0 Å². The zero-order valence-corrected chi connectivity index (χ0v) is 9.87. The topological polar surface area (TPSA) is 32.3 Å². The number of phenols is 1. The minimum Gasteiger partial charge on any atom is -0.505 e. The number of para-hydroxylation sites is 1. The Balaban J connectivity index is 2.17. The monoisotopic (exact) mass is 249 g/mol. The van der Waals surface area contributed by atoms with E-state index in [0.29, 0.717) is 16.8 Å². The molecule has 4 heteroatoms. The maximum absolute atomic E-state index is 13.7. The smallest absolute Gasteiger partial charge is 0.165 e. The standard InChI is InChI=1S/C14H13F2NO/c1-9-4-2-7-12(13(9)16)17-8-10-5-3-6-11(15)14(10)18/h2-7,17-18H,8H2,1H3. The van der Waals surface area contributed by atoms with Crippen LogP contribution < -0.4 is 5.32 Å². The summed E-state index contributed by atoms with van der Waals surface area (Å²) in [6.45, 7) is 1.82. The van der Waals surface area contributed by atoms with Crippen LogP contribution in [0.5, 0.6) is 5.75 Å². The molecular weight excluding hydrogens is 236 g/mol. The summed E-state index contributed by atoms with van der Waals surface area (Å²) >= 11 is 0. The molecule has 0 atom stereocenters. The lowest BCUT2D eigenvalue weighted by Gasteiger charge is -2.10. The first-order chi connectivity index (χ1) is 8.59. The van der Waals surface area contributed by atoms with Gasteiger partial charge in [-0.1, -0.05) is 24.3 Å². The second-order valence-electron chi connectivity index (χ2n) is 4.04. The molecule has 18 heavy (non-hydrogen) atoms. The molecular formula is C14H13F2NO. The van der Waals surface area contributed by atoms with Crippen LogP contribution in [0.25, 0.3) is 0 Å². The molecule has 2 aromatic carbocycles. The number of benzene rings is 2. The third-order valence-corrected chi connectivity index (χ3v) is 2.73. The summed E-state index contributed by atoms with van der Waals surface area (Å²) in [6.07, 6.45) is 0. The van der Waals surface area contributed by atoms with Gasteiger partial charge in [0.15, 0.2) is 11.6 Å². The number of nitrogens with one attached hydrogen (secondary N) is 1. The maximum atomic E-state index is 13.7. The Hall–Kier alpha value is -2.10. The van der Waals surface area contributed by atoms with E-state index in [-0.39, 0.29) is 12.4 Å². The molecule has 0 aromatic heterocycles. The summed E-state index contributed by atoms with van der Waals surface area (Å²) in [5.74, 6) is -1.43. The van der Waals surface area contributed by atoms with E-state index in [9.17, 15) is 13.9 Å². The van der Waals surface area contributed by atoms with Crippen LogP contribution in [0.3, 0.4) is 0 Å². The molecule has 94 valence electrons. The summed E-state index contributed by atoms with van der Waals surface area (Å²) in [5, 5.41) is 12.3. The average molecular weight is 249 g/mol. The molecule has 0 spiro atoms. The quantitative estimate of drug-likeness (QED) is 0.871. The Morgan fingerprint density at radius 2 is 1.83 bits per heavy atom. The van der Waals surface area contributed by atoms with Gasteiger partial charge in [0.25, 0.3) is 0 Å². The van der Waals surface area contributed by atoms with Gasteiger partial charge in [-0.3, -0.25) is 0 Å². The third kappa shape index (κ3) is 2.42. The van der Waals surface area contributed by atoms with Gasteiger partial charge in [0.1, 0.15) is 5.82 Å². The van der Waals surface area contributed by atoms with Crippen LogP contribution in [0.4, 0.5) is 14.5 Å². The van der Waals surface area contributed by atoms with Gasteiger partial charge in [-0.2, -0.15) is 0 Å². The summed E-state index contributed by atoms with van der Waals surface area (Å²) in [7, 11) is 0. The van der Waals surface area contributed by atoms with E-state index in [0.717, 1.165) is 0 Å². The molecule has 0 heterocycles. The van der Waals surface area contributed by atoms with Crippen molar-refractivity contribution in [3.05, 3.63) is 59.2 Å². The van der Waals surface area contributed by atoms with Gasteiger partial charge in [-0.15, -0.1) is 0 Å². The predicted octanol–water partition coefficient (Wildman–Crippen LogP) is 3.59. The van der Waals surface area contributed by atoms with Crippen LogP contribution in [-0.4, -0.2) is 5.11 Å². The summed E-state index contributed by atoms with van der Waals surface area (Å²) in [6, 6.07) is 9.24. The normalized spacial score (nSPS) is 10.4. The van der Waals surface area contributed by atoms with E-state index in [4.69, 9.17) is 0 Å². The van der Waals surface area contributed by atoms with Crippen LogP contribution >= 0.6 is 0 Å². The first kappa shape index (κ1) is 12.4. The first-order valence-corrected chi connectivity index (χ1v) is 5.55. The molecule has 0 aliphatic heterocycles. The van der Waals surface area contributed by atoms with E-state index in [1.165, 1.54) is 12.1 Å². The van der Waals surface area contributed by atoms with Crippen molar-refractivity contribution < 1.29 is 13.9 Å². The second kappa shape index (κ2) is 5.04. The van der Waals surface area contributed by atoms with Crippen molar-refractivity contribution in [1.82, 2.24) is 0 Å². The fourth-order valence-corrected chi connectivity index (χ4v) is 1.68. The van der Waals surface area contributed by atoms with Crippen molar-refractivity contribution in [2.24, 2.45) is 0 Å². The molecule has 0 amide bonds. The molecule has 2 N–H and O–H groups in total. The van der Waals surface area contributed by atoms with Gasteiger partial charge in [0.2, 0.25) is 0 Å². The SMILES string of the molecule is Cc1cccc(NCc2cccc(F)c2O)c1F. The number of anilines is 1. The van der Waals surface area contributed by atoms with Crippen molar-refractivity contribution in [2.75, 3.05) is 5.32 Å². The molecule has 0 unspecified atom stereocenters. The second-order valence-corrected chi connectivity index (χ2v) is 4.04. The van der Waals surface area contributed by atoms with E-state index in [2.05, 4.69) is 5.32 Å². The van der Waals surface area contributed by atoms with E-state index in [1.54, 1.807) is 31.2 Å². The Kier molecular flexibility index (Phi) is 3.46. The molecule has 0 bridgehead atoms. The molecule has 2 rings (SSSR count). The highest BCUT2D eigenvalue weighted by molar-refractivity contribution is 5.48. The highest BCUT2D eigenvalue weighted by Crippen LogP contribution is 2.23. The van der Waals surface area contributed by atoms with Crippen molar-refractivity contribution in [2.45, 2.75) is 13.5 Å². The fraction of sp³-hybridized carbons (Fsp3) is 0.143. The Bertz CT molecular complexity index is 518. The number of aromatic hydroxyl groups is 1. The van der Waals surface area contributed by atoms with Crippen LogP contribution in [0, 0.1) is 18.6 Å². The van der Waals surface area contributed by atoms with Crippen LogP contribution in [0.2, 0.25) is 0 Å². The van der Waals surface area contributed by atoms with E-state index < -0.39 is 11.6 Å². The third-order valence-electron chi connectivity index (χ3n) is 2.73. The summed E-state index contributed by atoms with van der Waals surface area (Å²) in [4.78, 5) is 0. The number of phenolic OH excluding ortho intramolecular Hbond substituents is 1. The highest BCUT2D eigenvalue weighted by Gasteiger charge is 2.08. The van der Waals surface area contributed by atoms with Crippen LogP contribution in [0.15, 0.2) is 36.4 Å². The number of halogens is 2. The number of rotatable bonds is 3. The fourth-order valence-electron chi connectivity index (χ4n) is 1.68. The lowest BCUT2D eigenvalue weighted by atomic mass is 10.1. The minimum absolute atomic E-state index is 0.157. The number of hydrogen-bond acceptors (Lipinski definition) is 2. The van der Waals surface area contributed by atoms with Gasteiger partial charge >= 0.3 is 0 Å². The molecule has 0 aliphatic rings. The number of hydrogen-bond donors (Lipinski definition) is 2. The maximum Gasteiger partial charge on any atom is 0.165 e. The predicted molar refractivity (Wildman–Crippen MR) is 66.5 cm³/mol. The highest BCUT2D eigenvalue weighted by atomic mass is 19.1. The van der Waals surface area contributed by atoms with Gasteiger partial charge in [0.05, 0.1) is 5.69 Å². The van der Waals surface area contributed by atoms with Crippen molar-refractivity contribution in [3.8, 4) is 5.75 Å². The lowest BCUT2D eigenvalue weighted by molar-refractivity contribution is 0.426. The van der Waals surface area contributed by atoms with Crippen molar-refractivity contribution >= 4 is 5.69 Å². The van der Waals surface area contributed by atoms with Gasteiger partial charge in [0, 0.05) is 12.1 Å². The molecule has 0 saturated heterocycles. The van der Waals surface area contributed by atoms with Gasteiger partial charge in [-0.25, -0.2) is 8.78 Å². The van der Waals surface area contributed by atoms with Gasteiger partial charge in [-0.05, 0) is 24.6 Å². The molecule has 0 fully saturated rings. The largest absolute Gasteiger partial charge is 0.505 e. The van der Waals surface area contributed by atoms with Gasteiger partial charge < -0.3 is 10.4 Å². The van der Waals surface area contributed by atoms with Crippen molar-refractivity contribution in [1.29, 1.82) is 0 Å². The zero-order valence-electron chi connectivity index (χ0n) is 9.87. The Labute approximate surface area is 104 Å². The van der Waals surface area contributed by atoms with Crippen LogP contribution in [0.1, 0.15) is 11.1 Å². The molecule has 0 radical (unpaired) electrons. The lowest BCUT2D eigenvalue weighted by Crippen LogP contribution is -2.03. The Morgan fingerprint density at radius 1 is 1.11 bits per heavy atom. The van der Waals surface area contributed by atoms with Crippen LogP contribution in [-0.2, 0) is 6.54 Å². The average Bonchev–Trinajstić information content (AvgIpc) is 2.36. The summed E-state index contributed by atoms with van der Waals surface area (Å²) < 4.78 is 26.8.